The lowest BCUT2D eigenvalue weighted by atomic mass is 10.0. The van der Waals surface area contributed by atoms with Crippen LogP contribution < -0.4 is 14.2 Å². The summed E-state index contributed by atoms with van der Waals surface area (Å²) in [5.41, 5.74) is 1.32. The van der Waals surface area contributed by atoms with Crippen LogP contribution in [0.1, 0.15) is 28.8 Å². The number of ether oxygens (including phenoxy) is 3. The van der Waals surface area contributed by atoms with Gasteiger partial charge in [-0.15, -0.1) is 0 Å². The van der Waals surface area contributed by atoms with Gasteiger partial charge in [-0.1, -0.05) is 6.08 Å². The third kappa shape index (κ3) is 1.97. The van der Waals surface area contributed by atoms with Crippen LogP contribution >= 0.6 is 0 Å². The first-order chi connectivity index (χ1) is 9.28. The lowest BCUT2D eigenvalue weighted by Gasteiger charge is -2.25. The molecule has 3 rings (SSSR count). The predicted molar refractivity (Wildman–Crippen MR) is 71.1 cm³/mol. The van der Waals surface area contributed by atoms with E-state index in [2.05, 4.69) is 0 Å². The Kier molecular flexibility index (Phi) is 2.93. The second-order valence-electron chi connectivity index (χ2n) is 4.84. The quantitative estimate of drug-likeness (QED) is 0.781. The number of carbonyl (C=O) groups is 1. The molecular weight excluding hydrogens is 244 g/mol. The Labute approximate surface area is 112 Å². The highest BCUT2D eigenvalue weighted by Gasteiger charge is 2.35. The molecule has 0 bridgehead atoms. The molecule has 0 saturated heterocycles. The molecule has 0 aromatic heterocycles. The van der Waals surface area contributed by atoms with Gasteiger partial charge in [0.25, 0.3) is 0 Å². The van der Waals surface area contributed by atoms with E-state index in [4.69, 9.17) is 14.2 Å². The van der Waals surface area contributed by atoms with Gasteiger partial charge in [0.15, 0.2) is 17.8 Å². The predicted octanol–water partition coefficient (Wildman–Crippen LogP) is 2.70. The SMILES string of the molecule is COc1cc(C=O)c2c(c1OC)O[C@@H](C1CC1)C=C2. The molecule has 1 aliphatic carbocycles. The van der Waals surface area contributed by atoms with Crippen molar-refractivity contribution in [3.05, 3.63) is 23.3 Å². The van der Waals surface area contributed by atoms with Crippen molar-refractivity contribution in [2.75, 3.05) is 14.2 Å². The smallest absolute Gasteiger partial charge is 0.203 e. The minimum Gasteiger partial charge on any atom is -0.493 e. The molecule has 0 amide bonds. The van der Waals surface area contributed by atoms with Crippen LogP contribution in [-0.2, 0) is 0 Å². The molecule has 1 aromatic rings. The number of hydrogen-bond acceptors (Lipinski definition) is 4. The van der Waals surface area contributed by atoms with E-state index < -0.39 is 0 Å². The highest BCUT2D eigenvalue weighted by molar-refractivity contribution is 5.87. The molecule has 1 atom stereocenters. The van der Waals surface area contributed by atoms with E-state index in [0.717, 1.165) is 11.8 Å². The molecular formula is C15H16O4. The summed E-state index contributed by atoms with van der Waals surface area (Å²) < 4.78 is 16.7. The normalized spacial score (nSPS) is 20.4. The van der Waals surface area contributed by atoms with Crippen molar-refractivity contribution in [1.29, 1.82) is 0 Å². The third-order valence-electron chi connectivity index (χ3n) is 3.62. The van der Waals surface area contributed by atoms with Gasteiger partial charge in [-0.25, -0.2) is 0 Å². The van der Waals surface area contributed by atoms with Crippen molar-refractivity contribution in [3.8, 4) is 17.2 Å². The summed E-state index contributed by atoms with van der Waals surface area (Å²) in [6.45, 7) is 0. The van der Waals surface area contributed by atoms with Crippen LogP contribution in [0.3, 0.4) is 0 Å². The third-order valence-corrected chi connectivity index (χ3v) is 3.62. The van der Waals surface area contributed by atoms with Gasteiger partial charge in [0, 0.05) is 11.1 Å². The number of aldehydes is 1. The zero-order valence-electron chi connectivity index (χ0n) is 11.0. The summed E-state index contributed by atoms with van der Waals surface area (Å²) in [6.07, 6.45) is 7.25. The molecule has 0 N–H and O–H groups in total. The van der Waals surface area contributed by atoms with Gasteiger partial charge in [0.1, 0.15) is 6.10 Å². The summed E-state index contributed by atoms with van der Waals surface area (Å²) >= 11 is 0. The molecule has 1 saturated carbocycles. The fraction of sp³-hybridized carbons (Fsp3) is 0.400. The average molecular weight is 260 g/mol. The highest BCUT2D eigenvalue weighted by atomic mass is 16.5. The molecule has 0 radical (unpaired) electrons. The monoisotopic (exact) mass is 260 g/mol. The van der Waals surface area contributed by atoms with Crippen molar-refractivity contribution in [3.63, 3.8) is 0 Å². The van der Waals surface area contributed by atoms with Crippen molar-refractivity contribution < 1.29 is 19.0 Å². The van der Waals surface area contributed by atoms with E-state index >= 15 is 0 Å². The van der Waals surface area contributed by atoms with Gasteiger partial charge in [-0.3, -0.25) is 4.79 Å². The van der Waals surface area contributed by atoms with Crippen LogP contribution in [0.4, 0.5) is 0 Å². The van der Waals surface area contributed by atoms with Gasteiger partial charge < -0.3 is 14.2 Å². The van der Waals surface area contributed by atoms with E-state index in [1.54, 1.807) is 20.3 Å². The molecule has 4 nitrogen and oxygen atoms in total. The number of fused-ring (bicyclic) bond motifs is 1. The fourth-order valence-corrected chi connectivity index (χ4v) is 2.43. The Hall–Kier alpha value is -1.97. The molecule has 4 heteroatoms. The van der Waals surface area contributed by atoms with E-state index in [9.17, 15) is 4.79 Å². The van der Waals surface area contributed by atoms with Crippen molar-refractivity contribution in [2.24, 2.45) is 5.92 Å². The molecule has 0 unspecified atom stereocenters. The minimum atomic E-state index is 0.0769. The number of benzene rings is 1. The lowest BCUT2D eigenvalue weighted by Crippen LogP contribution is -2.20. The van der Waals surface area contributed by atoms with E-state index in [-0.39, 0.29) is 6.10 Å². The van der Waals surface area contributed by atoms with Gasteiger partial charge in [-0.05, 0) is 30.9 Å². The average Bonchev–Trinajstić information content (AvgIpc) is 3.29. The van der Waals surface area contributed by atoms with E-state index in [1.807, 2.05) is 12.2 Å². The zero-order chi connectivity index (χ0) is 13.4. The number of rotatable bonds is 4. The summed E-state index contributed by atoms with van der Waals surface area (Å²) in [5.74, 6) is 2.27. The Morgan fingerprint density at radius 2 is 2.11 bits per heavy atom. The van der Waals surface area contributed by atoms with Crippen LogP contribution in [0.25, 0.3) is 6.08 Å². The largest absolute Gasteiger partial charge is 0.493 e. The van der Waals surface area contributed by atoms with Gasteiger partial charge in [-0.2, -0.15) is 0 Å². The van der Waals surface area contributed by atoms with Crippen molar-refractivity contribution in [2.45, 2.75) is 18.9 Å². The van der Waals surface area contributed by atoms with Crippen LogP contribution in [0.5, 0.6) is 17.2 Å². The van der Waals surface area contributed by atoms with Crippen molar-refractivity contribution >= 4 is 12.4 Å². The first kappa shape index (κ1) is 12.1. The molecule has 1 aromatic carbocycles. The molecule has 19 heavy (non-hydrogen) atoms. The maximum absolute atomic E-state index is 11.2. The molecule has 100 valence electrons. The Bertz CT molecular complexity index is 544. The van der Waals surface area contributed by atoms with Crippen LogP contribution in [0.2, 0.25) is 0 Å². The molecule has 0 spiro atoms. The summed E-state index contributed by atoms with van der Waals surface area (Å²) in [7, 11) is 3.13. The number of methoxy groups -OCH3 is 2. The standard InChI is InChI=1S/C15H16O4/c1-17-13-7-10(8-16)11-5-6-12(9-3-4-9)19-14(11)15(13)18-2/h5-9,12H,3-4H2,1-2H3/t12-/m1/s1. The van der Waals surface area contributed by atoms with Crippen molar-refractivity contribution in [1.82, 2.24) is 0 Å². The van der Waals surface area contributed by atoms with Gasteiger partial charge >= 0.3 is 0 Å². The fourth-order valence-electron chi connectivity index (χ4n) is 2.43. The first-order valence-electron chi connectivity index (χ1n) is 6.37. The Morgan fingerprint density at radius 1 is 1.32 bits per heavy atom. The molecule has 1 fully saturated rings. The van der Waals surface area contributed by atoms with E-state index in [0.29, 0.717) is 28.7 Å². The summed E-state index contributed by atoms with van der Waals surface area (Å²) in [6, 6.07) is 1.68. The molecule has 1 heterocycles. The second kappa shape index (κ2) is 4.61. The summed E-state index contributed by atoms with van der Waals surface area (Å²) in [5, 5.41) is 0. The maximum Gasteiger partial charge on any atom is 0.203 e. The Morgan fingerprint density at radius 3 is 2.68 bits per heavy atom. The van der Waals surface area contributed by atoms with E-state index in [1.165, 1.54) is 12.8 Å². The van der Waals surface area contributed by atoms with Crippen LogP contribution in [-0.4, -0.2) is 26.6 Å². The van der Waals surface area contributed by atoms with Gasteiger partial charge in [0.05, 0.1) is 14.2 Å². The topological polar surface area (TPSA) is 44.8 Å². The first-order valence-corrected chi connectivity index (χ1v) is 6.37. The summed E-state index contributed by atoms with van der Waals surface area (Å²) in [4.78, 5) is 11.2. The molecule has 1 aliphatic heterocycles. The lowest BCUT2D eigenvalue weighted by molar-refractivity contribution is 0.112. The van der Waals surface area contributed by atoms with Crippen LogP contribution in [0, 0.1) is 5.92 Å². The number of hydrogen-bond donors (Lipinski definition) is 0. The zero-order valence-corrected chi connectivity index (χ0v) is 11.0. The van der Waals surface area contributed by atoms with Crippen LogP contribution in [0.15, 0.2) is 12.1 Å². The molecule has 2 aliphatic rings. The van der Waals surface area contributed by atoms with Gasteiger partial charge in [0.2, 0.25) is 5.75 Å². The number of carbonyl (C=O) groups excluding carboxylic acids is 1. The Balaban J connectivity index is 2.12. The highest BCUT2D eigenvalue weighted by Crippen LogP contribution is 2.47. The maximum atomic E-state index is 11.2. The second-order valence-corrected chi connectivity index (χ2v) is 4.84. The minimum absolute atomic E-state index is 0.0769.